The molecule has 2 amide bonds. The number of hydrogen-bond acceptors (Lipinski definition) is 4. The Hall–Kier alpha value is -2.57. The molecule has 0 saturated carbocycles. The second-order valence-corrected chi connectivity index (χ2v) is 7.94. The van der Waals surface area contributed by atoms with Crippen LogP contribution in [0.3, 0.4) is 0 Å². The van der Waals surface area contributed by atoms with Crippen molar-refractivity contribution in [1.29, 1.82) is 0 Å². The summed E-state index contributed by atoms with van der Waals surface area (Å²) in [7, 11) is 0. The summed E-state index contributed by atoms with van der Waals surface area (Å²) < 4.78 is 0. The van der Waals surface area contributed by atoms with E-state index in [1.807, 2.05) is 61.2 Å². The number of benzene rings is 2. The molecular formula is C23H30ClN3O3. The highest BCUT2D eigenvalue weighted by Crippen LogP contribution is 2.33. The van der Waals surface area contributed by atoms with Crippen LogP contribution in [0.2, 0.25) is 0 Å². The minimum atomic E-state index is -0.505. The van der Waals surface area contributed by atoms with Crippen LogP contribution in [-0.2, 0) is 16.1 Å². The van der Waals surface area contributed by atoms with E-state index in [9.17, 15) is 14.7 Å². The minimum absolute atomic E-state index is 0. The van der Waals surface area contributed by atoms with Crippen molar-refractivity contribution in [3.8, 4) is 5.75 Å². The van der Waals surface area contributed by atoms with Crippen LogP contribution in [0.1, 0.15) is 41.5 Å². The Morgan fingerprint density at radius 1 is 1.23 bits per heavy atom. The molecule has 2 unspecified atom stereocenters. The maximum absolute atomic E-state index is 12.8. The van der Waals surface area contributed by atoms with Crippen molar-refractivity contribution in [3.05, 3.63) is 64.7 Å². The number of hydrogen-bond donors (Lipinski definition) is 3. The molecule has 1 saturated heterocycles. The number of aromatic hydroxyl groups is 1. The van der Waals surface area contributed by atoms with Crippen LogP contribution in [0, 0.1) is 13.8 Å². The fourth-order valence-electron chi connectivity index (χ4n) is 4.20. The summed E-state index contributed by atoms with van der Waals surface area (Å²) >= 11 is 0. The van der Waals surface area contributed by atoms with Crippen molar-refractivity contribution in [3.63, 3.8) is 0 Å². The Labute approximate surface area is 183 Å². The smallest absolute Gasteiger partial charge is 0.237 e. The molecule has 6 nitrogen and oxygen atoms in total. The van der Waals surface area contributed by atoms with Gasteiger partial charge in [0.25, 0.3) is 0 Å². The van der Waals surface area contributed by atoms with Gasteiger partial charge in [-0.15, -0.1) is 12.4 Å². The average Bonchev–Trinajstić information content (AvgIpc) is 3.15. The topological polar surface area (TPSA) is 95.7 Å². The molecule has 2 aromatic carbocycles. The van der Waals surface area contributed by atoms with E-state index in [-0.39, 0.29) is 36.5 Å². The number of aryl methyl sites for hydroxylation is 2. The van der Waals surface area contributed by atoms with Gasteiger partial charge in [0.15, 0.2) is 0 Å². The van der Waals surface area contributed by atoms with E-state index in [0.29, 0.717) is 18.5 Å². The minimum Gasteiger partial charge on any atom is -0.507 e. The van der Waals surface area contributed by atoms with Crippen LogP contribution < -0.4 is 11.1 Å². The number of nitrogens with zero attached hydrogens (tertiary/aromatic N) is 1. The first-order valence-corrected chi connectivity index (χ1v) is 9.94. The number of primary amides is 1. The predicted molar refractivity (Wildman–Crippen MR) is 120 cm³/mol. The number of likely N-dealkylation sites (tertiary alicyclic amines) is 1. The van der Waals surface area contributed by atoms with Crippen LogP contribution in [0.15, 0.2) is 42.5 Å². The molecule has 0 aliphatic carbocycles. The number of phenols is 1. The molecule has 3 rings (SSSR count). The van der Waals surface area contributed by atoms with Gasteiger partial charge in [-0.05, 0) is 44.2 Å². The summed E-state index contributed by atoms with van der Waals surface area (Å²) in [5.74, 6) is -0.241. The summed E-state index contributed by atoms with van der Waals surface area (Å²) in [5.41, 5.74) is 9.27. The van der Waals surface area contributed by atoms with E-state index in [4.69, 9.17) is 5.73 Å². The highest BCUT2D eigenvalue weighted by molar-refractivity contribution is 5.85. The standard InChI is InChI=1S/C23H29N3O3.ClH/c1-14-9-15(2)21(27)18(10-14)12-25-23(29)16(3)26-13-19(11-20(26)22(24)28)17-7-5-4-6-8-17;/h4-10,16,19-20,27H,11-13H2,1-3H3,(H2,24,28)(H,25,29);1H/t16-,19?,20?;/m0./s1. The Balaban J connectivity index is 0.00000320. The molecule has 0 radical (unpaired) electrons. The van der Waals surface area contributed by atoms with Crippen LogP contribution in [0.4, 0.5) is 0 Å². The zero-order chi connectivity index (χ0) is 21.1. The van der Waals surface area contributed by atoms with Gasteiger partial charge >= 0.3 is 0 Å². The third-order valence-corrected chi connectivity index (χ3v) is 5.79. The average molecular weight is 432 g/mol. The normalized spacial score (nSPS) is 19.7. The molecule has 1 aliphatic rings. The molecule has 2 aromatic rings. The fourth-order valence-corrected chi connectivity index (χ4v) is 4.20. The molecule has 4 N–H and O–H groups in total. The summed E-state index contributed by atoms with van der Waals surface area (Å²) in [6.07, 6.45) is 0.606. The largest absolute Gasteiger partial charge is 0.507 e. The van der Waals surface area contributed by atoms with Crippen LogP contribution in [-0.4, -0.2) is 40.4 Å². The molecule has 30 heavy (non-hydrogen) atoms. The van der Waals surface area contributed by atoms with Crippen molar-refractivity contribution >= 4 is 24.2 Å². The van der Waals surface area contributed by atoms with E-state index in [0.717, 1.165) is 16.7 Å². The van der Waals surface area contributed by atoms with Crippen LogP contribution >= 0.6 is 12.4 Å². The van der Waals surface area contributed by atoms with Crippen molar-refractivity contribution in [2.75, 3.05) is 6.54 Å². The van der Waals surface area contributed by atoms with E-state index < -0.39 is 18.0 Å². The molecule has 3 atom stereocenters. The maximum Gasteiger partial charge on any atom is 0.237 e. The number of carbonyl (C=O) groups excluding carboxylic acids is 2. The molecule has 162 valence electrons. The van der Waals surface area contributed by atoms with E-state index in [2.05, 4.69) is 5.32 Å². The molecule has 1 fully saturated rings. The van der Waals surface area contributed by atoms with Gasteiger partial charge in [-0.2, -0.15) is 0 Å². The van der Waals surface area contributed by atoms with Crippen molar-refractivity contribution in [1.82, 2.24) is 10.2 Å². The fraction of sp³-hybridized carbons (Fsp3) is 0.391. The zero-order valence-electron chi connectivity index (χ0n) is 17.6. The summed E-state index contributed by atoms with van der Waals surface area (Å²) in [6, 6.07) is 12.8. The summed E-state index contributed by atoms with van der Waals surface area (Å²) in [5, 5.41) is 13.1. The highest BCUT2D eigenvalue weighted by Gasteiger charge is 2.40. The van der Waals surface area contributed by atoms with Crippen LogP contribution in [0.25, 0.3) is 0 Å². The van der Waals surface area contributed by atoms with Gasteiger partial charge < -0.3 is 16.2 Å². The van der Waals surface area contributed by atoms with E-state index in [1.165, 1.54) is 0 Å². The Bertz CT molecular complexity index is 904. The van der Waals surface area contributed by atoms with Crippen molar-refractivity contribution in [2.45, 2.75) is 51.7 Å². The van der Waals surface area contributed by atoms with Crippen LogP contribution in [0.5, 0.6) is 5.75 Å². The molecule has 7 heteroatoms. The molecule has 1 heterocycles. The Morgan fingerprint density at radius 3 is 2.53 bits per heavy atom. The van der Waals surface area contributed by atoms with Gasteiger partial charge in [0.1, 0.15) is 5.75 Å². The lowest BCUT2D eigenvalue weighted by Gasteiger charge is -2.28. The number of rotatable bonds is 6. The van der Waals surface area contributed by atoms with Gasteiger partial charge in [0, 0.05) is 18.7 Å². The predicted octanol–water partition coefficient (Wildman–Crippen LogP) is 2.78. The monoisotopic (exact) mass is 431 g/mol. The quantitative estimate of drug-likeness (QED) is 0.655. The second kappa shape index (κ2) is 9.96. The van der Waals surface area contributed by atoms with E-state index >= 15 is 0 Å². The van der Waals surface area contributed by atoms with Gasteiger partial charge in [-0.1, -0.05) is 48.0 Å². The van der Waals surface area contributed by atoms with E-state index in [1.54, 1.807) is 6.92 Å². The Morgan fingerprint density at radius 2 is 1.90 bits per heavy atom. The van der Waals surface area contributed by atoms with Crippen molar-refractivity contribution in [2.24, 2.45) is 5.73 Å². The number of halogens is 1. The third-order valence-electron chi connectivity index (χ3n) is 5.79. The van der Waals surface area contributed by atoms with Gasteiger partial charge in [0.2, 0.25) is 11.8 Å². The molecule has 1 aliphatic heterocycles. The number of nitrogens with one attached hydrogen (secondary N) is 1. The number of phenolic OH excluding ortho intramolecular Hbond substituents is 1. The molecular weight excluding hydrogens is 402 g/mol. The lowest BCUT2D eigenvalue weighted by Crippen LogP contribution is -2.51. The second-order valence-electron chi connectivity index (χ2n) is 7.94. The van der Waals surface area contributed by atoms with Gasteiger partial charge in [-0.3, -0.25) is 14.5 Å². The highest BCUT2D eigenvalue weighted by atomic mass is 35.5. The molecule has 0 bridgehead atoms. The first-order chi connectivity index (χ1) is 13.8. The SMILES string of the molecule is Cc1cc(C)c(O)c(CNC(=O)[C@H](C)N2CC(c3ccccc3)CC2C(N)=O)c1.Cl. The number of amides is 2. The zero-order valence-corrected chi connectivity index (χ0v) is 18.4. The summed E-state index contributed by atoms with van der Waals surface area (Å²) in [4.78, 5) is 26.7. The maximum atomic E-state index is 12.8. The Kier molecular flexibility index (Phi) is 7.87. The van der Waals surface area contributed by atoms with Gasteiger partial charge in [0.05, 0.1) is 12.1 Å². The summed E-state index contributed by atoms with van der Waals surface area (Å²) in [6.45, 7) is 6.41. The number of carbonyl (C=O) groups is 2. The molecule has 0 aromatic heterocycles. The first kappa shape index (κ1) is 23.7. The van der Waals surface area contributed by atoms with Crippen molar-refractivity contribution < 1.29 is 14.7 Å². The lowest BCUT2D eigenvalue weighted by molar-refractivity contribution is -0.129. The van der Waals surface area contributed by atoms with Gasteiger partial charge in [-0.25, -0.2) is 0 Å². The first-order valence-electron chi connectivity index (χ1n) is 9.94. The number of nitrogens with two attached hydrogens (primary N) is 1. The lowest BCUT2D eigenvalue weighted by atomic mass is 9.96. The molecule has 0 spiro atoms. The third kappa shape index (κ3) is 5.12.